The number of hydrogen-bond acceptors (Lipinski definition) is 5. The van der Waals surface area contributed by atoms with Gasteiger partial charge in [-0.2, -0.15) is 0 Å². The van der Waals surface area contributed by atoms with E-state index < -0.39 is 11.6 Å². The number of piperidine rings is 1. The third kappa shape index (κ3) is 5.40. The maximum Gasteiger partial charge on any atom is 0.241 e. The maximum atomic E-state index is 13.2. The molecule has 3 aromatic rings. The Bertz CT molecular complexity index is 1060. The number of carbonyl (C=O) groups excluding carboxylic acids is 1. The fourth-order valence-corrected chi connectivity index (χ4v) is 4.82. The molecule has 0 radical (unpaired) electrons. The van der Waals surface area contributed by atoms with Gasteiger partial charge in [-0.25, -0.2) is 0 Å². The van der Waals surface area contributed by atoms with Crippen molar-refractivity contribution in [2.45, 2.75) is 31.4 Å². The molecule has 0 aromatic heterocycles. The SMILES string of the molecule is COc1ccc(C(OC[C@H](N)C(=O)N2CCC(C)CC2)(c2ccccc2)c2ccc(OC)cc2)cc1. The molecule has 6 heteroatoms. The van der Waals surface area contributed by atoms with Crippen molar-refractivity contribution in [3.05, 3.63) is 95.6 Å². The van der Waals surface area contributed by atoms with Crippen molar-refractivity contribution in [2.24, 2.45) is 11.7 Å². The number of carbonyl (C=O) groups is 1. The summed E-state index contributed by atoms with van der Waals surface area (Å²) in [4.78, 5) is 15.1. The van der Waals surface area contributed by atoms with Crippen LogP contribution < -0.4 is 15.2 Å². The first-order chi connectivity index (χ1) is 17.5. The minimum absolute atomic E-state index is 0.0617. The number of likely N-dealkylation sites (tertiary alicyclic amines) is 1. The van der Waals surface area contributed by atoms with E-state index in [1.165, 1.54) is 0 Å². The lowest BCUT2D eigenvalue weighted by Crippen LogP contribution is -2.50. The van der Waals surface area contributed by atoms with Gasteiger partial charge in [-0.05, 0) is 59.7 Å². The van der Waals surface area contributed by atoms with Gasteiger partial charge in [0.1, 0.15) is 23.1 Å². The molecule has 1 amide bonds. The maximum absolute atomic E-state index is 13.2. The van der Waals surface area contributed by atoms with Crippen molar-refractivity contribution >= 4 is 5.91 Å². The van der Waals surface area contributed by atoms with Crippen LogP contribution in [0.1, 0.15) is 36.5 Å². The van der Waals surface area contributed by atoms with Crippen LogP contribution in [0.15, 0.2) is 78.9 Å². The quantitative estimate of drug-likeness (QED) is 0.446. The number of nitrogens with two attached hydrogens (primary N) is 1. The first kappa shape index (κ1) is 25.7. The largest absolute Gasteiger partial charge is 0.497 e. The predicted octanol–water partition coefficient (Wildman–Crippen LogP) is 4.60. The predicted molar refractivity (Wildman–Crippen MR) is 141 cm³/mol. The molecule has 0 unspecified atom stereocenters. The molecular formula is C30H36N2O4. The summed E-state index contributed by atoms with van der Waals surface area (Å²) in [5.41, 5.74) is 8.22. The minimum atomic E-state index is -0.992. The molecule has 0 bridgehead atoms. The Kier molecular flexibility index (Phi) is 8.28. The first-order valence-electron chi connectivity index (χ1n) is 12.5. The summed E-state index contributed by atoms with van der Waals surface area (Å²) in [5.74, 6) is 2.08. The first-order valence-corrected chi connectivity index (χ1v) is 12.5. The van der Waals surface area contributed by atoms with Crippen molar-refractivity contribution in [1.82, 2.24) is 4.90 Å². The van der Waals surface area contributed by atoms with Gasteiger partial charge in [0.25, 0.3) is 0 Å². The van der Waals surface area contributed by atoms with E-state index in [4.69, 9.17) is 19.9 Å². The molecule has 1 fully saturated rings. The van der Waals surface area contributed by atoms with Gasteiger partial charge in [-0.15, -0.1) is 0 Å². The fourth-order valence-electron chi connectivity index (χ4n) is 4.82. The third-order valence-corrected chi connectivity index (χ3v) is 7.07. The van der Waals surface area contributed by atoms with Crippen LogP contribution in [0.4, 0.5) is 0 Å². The molecule has 1 aliphatic rings. The van der Waals surface area contributed by atoms with E-state index in [0.29, 0.717) is 5.92 Å². The number of ether oxygens (including phenoxy) is 3. The van der Waals surface area contributed by atoms with Gasteiger partial charge >= 0.3 is 0 Å². The monoisotopic (exact) mass is 488 g/mol. The third-order valence-electron chi connectivity index (χ3n) is 7.07. The Labute approximate surface area is 214 Å². The Morgan fingerprint density at radius 2 is 1.33 bits per heavy atom. The summed E-state index contributed by atoms with van der Waals surface area (Å²) in [6, 6.07) is 24.9. The number of nitrogens with zero attached hydrogens (tertiary/aromatic N) is 1. The van der Waals surface area contributed by atoms with E-state index in [-0.39, 0.29) is 12.5 Å². The highest BCUT2D eigenvalue weighted by Crippen LogP contribution is 2.41. The number of rotatable bonds is 9. The molecule has 2 N–H and O–H groups in total. The topological polar surface area (TPSA) is 74.0 Å². The molecule has 0 saturated carbocycles. The highest BCUT2D eigenvalue weighted by Gasteiger charge is 2.39. The van der Waals surface area contributed by atoms with Crippen molar-refractivity contribution in [1.29, 1.82) is 0 Å². The van der Waals surface area contributed by atoms with Crippen LogP contribution in [0.2, 0.25) is 0 Å². The molecule has 4 rings (SSSR count). The average Bonchev–Trinajstić information content (AvgIpc) is 2.94. The Balaban J connectivity index is 1.73. The summed E-state index contributed by atoms with van der Waals surface area (Å²) in [6.45, 7) is 3.78. The normalized spacial score (nSPS) is 15.4. The molecule has 1 aliphatic heterocycles. The molecular weight excluding hydrogens is 452 g/mol. The van der Waals surface area contributed by atoms with Gasteiger partial charge in [0, 0.05) is 13.1 Å². The molecule has 3 aromatic carbocycles. The smallest absolute Gasteiger partial charge is 0.241 e. The number of hydrogen-bond donors (Lipinski definition) is 1. The number of amides is 1. The second kappa shape index (κ2) is 11.6. The zero-order valence-corrected chi connectivity index (χ0v) is 21.4. The number of benzene rings is 3. The molecule has 6 nitrogen and oxygen atoms in total. The van der Waals surface area contributed by atoms with E-state index in [1.807, 2.05) is 83.8 Å². The van der Waals surface area contributed by atoms with Crippen molar-refractivity contribution < 1.29 is 19.0 Å². The highest BCUT2D eigenvalue weighted by atomic mass is 16.5. The minimum Gasteiger partial charge on any atom is -0.497 e. The van der Waals surface area contributed by atoms with Gasteiger partial charge in [-0.1, -0.05) is 61.5 Å². The lowest BCUT2D eigenvalue weighted by Gasteiger charge is -2.37. The van der Waals surface area contributed by atoms with E-state index >= 15 is 0 Å². The molecule has 1 heterocycles. The van der Waals surface area contributed by atoms with Gasteiger partial charge in [-0.3, -0.25) is 4.79 Å². The second-order valence-corrected chi connectivity index (χ2v) is 9.43. The lowest BCUT2D eigenvalue weighted by atomic mass is 9.80. The highest BCUT2D eigenvalue weighted by molar-refractivity contribution is 5.81. The average molecular weight is 489 g/mol. The summed E-state index contributed by atoms with van der Waals surface area (Å²) < 4.78 is 17.6. The Morgan fingerprint density at radius 3 is 1.81 bits per heavy atom. The Hall–Kier alpha value is -3.35. The molecule has 36 heavy (non-hydrogen) atoms. The van der Waals surface area contributed by atoms with Crippen LogP contribution in [0, 0.1) is 5.92 Å². The van der Waals surface area contributed by atoms with Gasteiger partial charge in [0.05, 0.1) is 20.8 Å². The molecule has 1 saturated heterocycles. The van der Waals surface area contributed by atoms with E-state index in [0.717, 1.165) is 54.1 Å². The van der Waals surface area contributed by atoms with Crippen LogP contribution in [-0.4, -0.2) is 50.8 Å². The van der Waals surface area contributed by atoms with Crippen molar-refractivity contribution in [3.63, 3.8) is 0 Å². The van der Waals surface area contributed by atoms with E-state index in [9.17, 15) is 4.79 Å². The number of methoxy groups -OCH3 is 2. The summed E-state index contributed by atoms with van der Waals surface area (Å²) in [6.07, 6.45) is 2.01. The molecule has 190 valence electrons. The van der Waals surface area contributed by atoms with E-state index in [2.05, 4.69) is 6.92 Å². The Morgan fingerprint density at radius 1 is 0.861 bits per heavy atom. The zero-order valence-electron chi connectivity index (χ0n) is 21.4. The van der Waals surface area contributed by atoms with Gasteiger partial charge in [0.2, 0.25) is 5.91 Å². The van der Waals surface area contributed by atoms with Crippen LogP contribution >= 0.6 is 0 Å². The standard InChI is InChI=1S/C30H36N2O4/c1-22-17-19-32(20-18-22)29(33)28(31)21-36-30(23-7-5-4-6-8-23,24-9-13-26(34-2)14-10-24)25-11-15-27(35-3)16-12-25/h4-16,22,28H,17-21,31H2,1-3H3/t28-/m0/s1. The van der Waals surface area contributed by atoms with Crippen molar-refractivity contribution in [2.75, 3.05) is 33.9 Å². The van der Waals surface area contributed by atoms with Crippen LogP contribution in [0.25, 0.3) is 0 Å². The van der Waals surface area contributed by atoms with Gasteiger partial charge in [0.15, 0.2) is 0 Å². The van der Waals surface area contributed by atoms with Crippen LogP contribution in [0.5, 0.6) is 11.5 Å². The molecule has 0 spiro atoms. The molecule has 0 aliphatic carbocycles. The van der Waals surface area contributed by atoms with Crippen molar-refractivity contribution in [3.8, 4) is 11.5 Å². The van der Waals surface area contributed by atoms with E-state index in [1.54, 1.807) is 14.2 Å². The zero-order chi connectivity index (χ0) is 25.5. The second-order valence-electron chi connectivity index (χ2n) is 9.43. The summed E-state index contributed by atoms with van der Waals surface area (Å²) >= 11 is 0. The van der Waals surface area contributed by atoms with Crippen LogP contribution in [-0.2, 0) is 15.1 Å². The molecule has 1 atom stereocenters. The van der Waals surface area contributed by atoms with Crippen LogP contribution in [0.3, 0.4) is 0 Å². The summed E-state index contributed by atoms with van der Waals surface area (Å²) in [7, 11) is 3.29. The fraction of sp³-hybridized carbons (Fsp3) is 0.367. The lowest BCUT2D eigenvalue weighted by molar-refractivity contribution is -0.136. The van der Waals surface area contributed by atoms with Gasteiger partial charge < -0.3 is 24.8 Å². The summed E-state index contributed by atoms with van der Waals surface area (Å²) in [5, 5.41) is 0.